The van der Waals surface area contributed by atoms with Crippen molar-refractivity contribution in [3.8, 4) is 0 Å². The molecule has 0 atom stereocenters. The van der Waals surface area contributed by atoms with E-state index in [2.05, 4.69) is 0 Å². The minimum absolute atomic E-state index is 0.606. The zero-order valence-corrected chi connectivity index (χ0v) is 6.19. The largest absolute Gasteiger partial charge is 0.501 e. The van der Waals surface area contributed by atoms with E-state index in [4.69, 9.17) is 10.1 Å². The summed E-state index contributed by atoms with van der Waals surface area (Å²) in [5, 5.41) is 7.21. The monoisotopic (exact) mass is 127 g/mol. The fraction of sp³-hybridized carbons (Fsp3) is 0.571. The summed E-state index contributed by atoms with van der Waals surface area (Å²) in [6.45, 7) is 3.78. The first-order valence-electron chi connectivity index (χ1n) is 3.00. The van der Waals surface area contributed by atoms with E-state index in [1.807, 2.05) is 13.8 Å². The molecule has 0 spiro atoms. The number of nitrogens with one attached hydrogen (secondary N) is 1. The molecule has 0 aromatic heterocycles. The zero-order chi connectivity index (χ0) is 7.28. The molecule has 9 heavy (non-hydrogen) atoms. The van der Waals surface area contributed by atoms with Crippen molar-refractivity contribution in [1.82, 2.24) is 0 Å². The topological polar surface area (TPSA) is 33.1 Å². The summed E-state index contributed by atoms with van der Waals surface area (Å²) < 4.78 is 4.84. The van der Waals surface area contributed by atoms with E-state index in [0.717, 1.165) is 12.2 Å². The molecule has 0 aromatic carbocycles. The first-order valence-corrected chi connectivity index (χ1v) is 3.00. The van der Waals surface area contributed by atoms with Crippen molar-refractivity contribution in [2.45, 2.75) is 20.3 Å². The minimum Gasteiger partial charge on any atom is -0.501 e. The quantitative estimate of drug-likeness (QED) is 0.456. The number of hydrogen-bond acceptors (Lipinski definition) is 2. The van der Waals surface area contributed by atoms with Gasteiger partial charge in [-0.2, -0.15) is 0 Å². The minimum atomic E-state index is 0.606. The van der Waals surface area contributed by atoms with Gasteiger partial charge < -0.3 is 10.1 Å². The standard InChI is InChI=1S/C7H13NO/c1-4-7(8)5-6(2)9-3/h5,8H,4H2,1-3H3/b6-5+,8-7?. The lowest BCUT2D eigenvalue weighted by atomic mass is 10.2. The fourth-order valence-corrected chi connectivity index (χ4v) is 0.406. The number of allylic oxidation sites excluding steroid dienone is 2. The molecule has 0 aliphatic carbocycles. The molecule has 0 amide bonds. The molecule has 0 saturated carbocycles. The lowest BCUT2D eigenvalue weighted by Crippen LogP contribution is -1.90. The molecule has 0 rings (SSSR count). The third-order valence-electron chi connectivity index (χ3n) is 1.08. The van der Waals surface area contributed by atoms with Gasteiger partial charge in [-0.3, -0.25) is 0 Å². The van der Waals surface area contributed by atoms with E-state index < -0.39 is 0 Å². The van der Waals surface area contributed by atoms with Gasteiger partial charge in [0.15, 0.2) is 0 Å². The van der Waals surface area contributed by atoms with Crippen LogP contribution >= 0.6 is 0 Å². The molecule has 0 saturated heterocycles. The maximum absolute atomic E-state index is 7.21. The molecule has 0 aliphatic rings. The highest BCUT2D eigenvalue weighted by Crippen LogP contribution is 1.94. The van der Waals surface area contributed by atoms with Crippen molar-refractivity contribution in [2.75, 3.05) is 7.11 Å². The lowest BCUT2D eigenvalue weighted by molar-refractivity contribution is 0.294. The van der Waals surface area contributed by atoms with Crippen LogP contribution in [0.3, 0.4) is 0 Å². The number of rotatable bonds is 3. The van der Waals surface area contributed by atoms with Crippen molar-refractivity contribution in [2.24, 2.45) is 0 Å². The predicted octanol–water partition coefficient (Wildman–Crippen LogP) is 1.97. The molecule has 0 unspecified atom stereocenters. The van der Waals surface area contributed by atoms with Crippen LogP contribution in [-0.4, -0.2) is 12.8 Å². The van der Waals surface area contributed by atoms with Crippen molar-refractivity contribution in [3.05, 3.63) is 11.8 Å². The second-order valence-electron chi connectivity index (χ2n) is 1.84. The Morgan fingerprint density at radius 1 is 1.67 bits per heavy atom. The van der Waals surface area contributed by atoms with Crippen LogP contribution in [0.25, 0.3) is 0 Å². The zero-order valence-electron chi connectivity index (χ0n) is 6.19. The van der Waals surface area contributed by atoms with Gasteiger partial charge in [-0.1, -0.05) is 6.92 Å². The second kappa shape index (κ2) is 4.13. The first-order chi connectivity index (χ1) is 4.20. The van der Waals surface area contributed by atoms with Gasteiger partial charge in [0.05, 0.1) is 12.9 Å². The highest BCUT2D eigenvalue weighted by Gasteiger charge is 1.87. The van der Waals surface area contributed by atoms with E-state index in [1.54, 1.807) is 13.2 Å². The Balaban J connectivity index is 3.79. The van der Waals surface area contributed by atoms with Gasteiger partial charge in [-0.15, -0.1) is 0 Å². The van der Waals surface area contributed by atoms with E-state index >= 15 is 0 Å². The Morgan fingerprint density at radius 3 is 2.56 bits per heavy atom. The Morgan fingerprint density at radius 2 is 2.22 bits per heavy atom. The summed E-state index contributed by atoms with van der Waals surface area (Å²) in [5.41, 5.74) is 0.606. The summed E-state index contributed by atoms with van der Waals surface area (Å²) in [4.78, 5) is 0. The summed E-state index contributed by atoms with van der Waals surface area (Å²) in [6, 6.07) is 0. The van der Waals surface area contributed by atoms with Crippen LogP contribution in [-0.2, 0) is 4.74 Å². The smallest absolute Gasteiger partial charge is 0.0942 e. The second-order valence-corrected chi connectivity index (χ2v) is 1.84. The third-order valence-corrected chi connectivity index (χ3v) is 1.08. The number of hydrogen-bond donors (Lipinski definition) is 1. The summed E-state index contributed by atoms with van der Waals surface area (Å²) >= 11 is 0. The van der Waals surface area contributed by atoms with Crippen LogP contribution in [0, 0.1) is 5.41 Å². The van der Waals surface area contributed by atoms with E-state index in [1.165, 1.54) is 0 Å². The Kier molecular flexibility index (Phi) is 3.76. The van der Waals surface area contributed by atoms with E-state index in [-0.39, 0.29) is 0 Å². The Hall–Kier alpha value is -0.790. The maximum Gasteiger partial charge on any atom is 0.0942 e. The Labute approximate surface area is 56.0 Å². The Bertz CT molecular complexity index is 127. The van der Waals surface area contributed by atoms with Gasteiger partial charge in [0.2, 0.25) is 0 Å². The van der Waals surface area contributed by atoms with Crippen LogP contribution in [0.1, 0.15) is 20.3 Å². The molecule has 2 nitrogen and oxygen atoms in total. The average molecular weight is 127 g/mol. The van der Waals surface area contributed by atoms with Crippen LogP contribution < -0.4 is 0 Å². The third kappa shape index (κ3) is 3.76. The van der Waals surface area contributed by atoms with Gasteiger partial charge in [-0.25, -0.2) is 0 Å². The van der Waals surface area contributed by atoms with Crippen molar-refractivity contribution >= 4 is 5.71 Å². The van der Waals surface area contributed by atoms with Crippen LogP contribution in [0.15, 0.2) is 11.8 Å². The van der Waals surface area contributed by atoms with Gasteiger partial charge in [0.1, 0.15) is 0 Å². The predicted molar refractivity (Wildman–Crippen MR) is 38.8 cm³/mol. The molecule has 0 radical (unpaired) electrons. The molecule has 1 N–H and O–H groups in total. The van der Waals surface area contributed by atoms with Gasteiger partial charge in [-0.05, 0) is 19.4 Å². The van der Waals surface area contributed by atoms with Crippen LogP contribution in [0.4, 0.5) is 0 Å². The fourth-order valence-electron chi connectivity index (χ4n) is 0.406. The lowest BCUT2D eigenvalue weighted by Gasteiger charge is -1.96. The van der Waals surface area contributed by atoms with Gasteiger partial charge in [0, 0.05) is 5.71 Å². The molecular weight excluding hydrogens is 114 g/mol. The highest BCUT2D eigenvalue weighted by molar-refractivity contribution is 5.92. The molecule has 0 aromatic rings. The summed E-state index contributed by atoms with van der Waals surface area (Å²) in [7, 11) is 1.61. The molecule has 0 fully saturated rings. The summed E-state index contributed by atoms with van der Waals surface area (Å²) in [5.74, 6) is 0.793. The van der Waals surface area contributed by atoms with Crippen molar-refractivity contribution in [1.29, 1.82) is 5.41 Å². The highest BCUT2D eigenvalue weighted by atomic mass is 16.5. The van der Waals surface area contributed by atoms with E-state index in [0.29, 0.717) is 5.71 Å². The summed E-state index contributed by atoms with van der Waals surface area (Å²) in [6.07, 6.45) is 2.49. The van der Waals surface area contributed by atoms with Crippen LogP contribution in [0.2, 0.25) is 0 Å². The van der Waals surface area contributed by atoms with Crippen molar-refractivity contribution in [3.63, 3.8) is 0 Å². The normalized spacial score (nSPS) is 11.2. The van der Waals surface area contributed by atoms with Gasteiger partial charge in [0.25, 0.3) is 0 Å². The number of ether oxygens (including phenoxy) is 1. The van der Waals surface area contributed by atoms with E-state index in [9.17, 15) is 0 Å². The molecule has 0 heterocycles. The average Bonchev–Trinajstić information content (AvgIpc) is 1.87. The molecule has 2 heteroatoms. The van der Waals surface area contributed by atoms with Crippen molar-refractivity contribution < 1.29 is 4.74 Å². The molecule has 0 aliphatic heterocycles. The SMILES string of the molecule is CCC(=N)/C=C(\C)OC. The molecule has 52 valence electrons. The number of methoxy groups -OCH3 is 1. The first kappa shape index (κ1) is 8.21. The van der Waals surface area contributed by atoms with Gasteiger partial charge >= 0.3 is 0 Å². The van der Waals surface area contributed by atoms with Crippen LogP contribution in [0.5, 0.6) is 0 Å². The molecular formula is C7H13NO. The molecule has 0 bridgehead atoms. The maximum atomic E-state index is 7.21.